The first kappa shape index (κ1) is 20.2. The van der Waals surface area contributed by atoms with Crippen LogP contribution in [0.2, 0.25) is 25.7 Å². The summed E-state index contributed by atoms with van der Waals surface area (Å²) in [6.07, 6.45) is -3.46. The summed E-state index contributed by atoms with van der Waals surface area (Å²) in [6.45, 7) is 7.28. The minimum atomic E-state index is -4.48. The second kappa shape index (κ2) is 8.05. The lowest BCUT2D eigenvalue weighted by Crippen LogP contribution is -2.22. The van der Waals surface area contributed by atoms with Gasteiger partial charge in [0.05, 0.1) is 0 Å². The minimum Gasteiger partial charge on any atom is -0.361 e. The zero-order chi connectivity index (χ0) is 18.7. The van der Waals surface area contributed by atoms with Gasteiger partial charge in [-0.05, 0) is 11.6 Å². The summed E-state index contributed by atoms with van der Waals surface area (Å²) in [5, 5.41) is 0.690. The normalized spacial score (nSPS) is 12.6. The number of imidazole rings is 1. The summed E-state index contributed by atoms with van der Waals surface area (Å²) in [5.74, 6) is 0.265. The summed E-state index contributed by atoms with van der Waals surface area (Å²) in [4.78, 5) is 3.79. The van der Waals surface area contributed by atoms with Crippen LogP contribution in [0.5, 0.6) is 0 Å². The first-order valence-electron chi connectivity index (χ1n) is 7.97. The fourth-order valence-corrected chi connectivity index (χ4v) is 3.30. The molecule has 2 rings (SSSR count). The van der Waals surface area contributed by atoms with Gasteiger partial charge in [0, 0.05) is 31.8 Å². The molecular weight excluding hydrogens is 413 g/mol. The molecule has 0 radical (unpaired) electrons. The molecule has 0 aliphatic heterocycles. The average molecular weight is 435 g/mol. The third-order valence-electron chi connectivity index (χ3n) is 3.66. The van der Waals surface area contributed by atoms with Gasteiger partial charge in [-0.2, -0.15) is 13.2 Å². The van der Waals surface area contributed by atoms with Crippen LogP contribution >= 0.6 is 15.9 Å². The molecular formula is C17H22BrF3N2OSi. The van der Waals surface area contributed by atoms with E-state index in [-0.39, 0.29) is 12.6 Å². The Kier molecular flexibility index (Phi) is 6.50. The predicted octanol–water partition coefficient (Wildman–Crippen LogP) is 5.78. The van der Waals surface area contributed by atoms with Crippen LogP contribution < -0.4 is 0 Å². The Hall–Kier alpha value is -1.12. The molecule has 138 valence electrons. The van der Waals surface area contributed by atoms with Crippen LogP contribution in [0.1, 0.15) is 11.3 Å². The zero-order valence-corrected chi connectivity index (χ0v) is 17.1. The summed E-state index contributed by atoms with van der Waals surface area (Å²) in [5.41, 5.74) is 0.777. The van der Waals surface area contributed by atoms with E-state index < -0.39 is 19.9 Å². The van der Waals surface area contributed by atoms with Crippen molar-refractivity contribution in [3.63, 3.8) is 0 Å². The van der Waals surface area contributed by atoms with Gasteiger partial charge in [0.2, 0.25) is 0 Å². The quantitative estimate of drug-likeness (QED) is 0.313. The van der Waals surface area contributed by atoms with Crippen LogP contribution in [0.3, 0.4) is 0 Å². The molecule has 25 heavy (non-hydrogen) atoms. The number of aromatic nitrogens is 2. The largest absolute Gasteiger partial charge is 0.434 e. The standard InChI is InChI=1S/C17H22BrF3N2OSi/c1-25(2,3)9-8-24-12-23-11-15(17(19,20)21)22-16(23)14-6-4-13(10-18)5-7-14/h4-7,11H,8-10,12H2,1-3H3. The van der Waals surface area contributed by atoms with Gasteiger partial charge in [-0.25, -0.2) is 4.98 Å². The van der Waals surface area contributed by atoms with Crippen molar-refractivity contribution in [2.24, 2.45) is 0 Å². The third kappa shape index (κ3) is 5.97. The summed E-state index contributed by atoms with van der Waals surface area (Å²) >= 11 is 3.35. The highest BCUT2D eigenvalue weighted by molar-refractivity contribution is 9.08. The maximum absolute atomic E-state index is 13.0. The van der Waals surface area contributed by atoms with Crippen LogP contribution in [-0.2, 0) is 23.0 Å². The molecule has 0 aliphatic carbocycles. The molecule has 0 bridgehead atoms. The molecule has 0 atom stereocenters. The Bertz CT molecular complexity index is 693. The molecule has 3 nitrogen and oxygen atoms in total. The number of rotatable bonds is 7. The second-order valence-corrected chi connectivity index (χ2v) is 13.3. The van der Waals surface area contributed by atoms with E-state index >= 15 is 0 Å². The summed E-state index contributed by atoms with van der Waals surface area (Å²) < 4.78 is 46.2. The van der Waals surface area contributed by atoms with Gasteiger partial charge in [-0.1, -0.05) is 59.8 Å². The van der Waals surface area contributed by atoms with Gasteiger partial charge < -0.3 is 9.30 Å². The fourth-order valence-electron chi connectivity index (χ4n) is 2.17. The second-order valence-electron chi connectivity index (χ2n) is 7.10. The van der Waals surface area contributed by atoms with Crippen LogP contribution in [0, 0.1) is 0 Å². The van der Waals surface area contributed by atoms with Crippen molar-refractivity contribution in [2.75, 3.05) is 6.61 Å². The molecule has 0 spiro atoms. The smallest absolute Gasteiger partial charge is 0.361 e. The molecule has 1 heterocycles. The van der Waals surface area contributed by atoms with Crippen LogP contribution in [-0.4, -0.2) is 24.2 Å². The van der Waals surface area contributed by atoms with E-state index in [0.717, 1.165) is 17.8 Å². The van der Waals surface area contributed by atoms with E-state index in [1.807, 2.05) is 12.1 Å². The van der Waals surface area contributed by atoms with Gasteiger partial charge in [0.1, 0.15) is 12.6 Å². The third-order valence-corrected chi connectivity index (χ3v) is 6.01. The van der Waals surface area contributed by atoms with Crippen LogP contribution in [0.4, 0.5) is 13.2 Å². The van der Waals surface area contributed by atoms with Crippen LogP contribution in [0.25, 0.3) is 11.4 Å². The Balaban J connectivity index is 2.22. The molecule has 0 amide bonds. The Morgan fingerprint density at radius 1 is 1.16 bits per heavy atom. The van der Waals surface area contributed by atoms with E-state index in [4.69, 9.17) is 4.74 Å². The molecule has 0 aliphatic rings. The lowest BCUT2D eigenvalue weighted by Gasteiger charge is -2.16. The van der Waals surface area contributed by atoms with E-state index in [0.29, 0.717) is 17.5 Å². The van der Waals surface area contributed by atoms with Gasteiger partial charge >= 0.3 is 6.18 Å². The number of nitrogens with zero attached hydrogens (tertiary/aromatic N) is 2. The maximum Gasteiger partial charge on any atom is 0.434 e. The first-order valence-corrected chi connectivity index (χ1v) is 12.8. The molecule has 1 aromatic heterocycles. The average Bonchev–Trinajstić information content (AvgIpc) is 2.95. The molecule has 0 saturated heterocycles. The lowest BCUT2D eigenvalue weighted by atomic mass is 10.1. The topological polar surface area (TPSA) is 27.1 Å². The Morgan fingerprint density at radius 3 is 2.32 bits per heavy atom. The van der Waals surface area contributed by atoms with Crippen molar-refractivity contribution < 1.29 is 17.9 Å². The highest BCUT2D eigenvalue weighted by Gasteiger charge is 2.35. The number of hydrogen-bond donors (Lipinski definition) is 0. The molecule has 2 aromatic rings. The number of ether oxygens (including phenoxy) is 1. The van der Waals surface area contributed by atoms with Crippen molar-refractivity contribution >= 4 is 24.0 Å². The summed E-state index contributed by atoms with van der Waals surface area (Å²) in [6, 6.07) is 8.24. The molecule has 1 aromatic carbocycles. The number of alkyl halides is 4. The Labute approximate surface area is 155 Å². The van der Waals surface area contributed by atoms with Crippen LogP contribution in [0.15, 0.2) is 30.5 Å². The first-order chi connectivity index (χ1) is 11.6. The Morgan fingerprint density at radius 2 is 1.80 bits per heavy atom. The number of benzene rings is 1. The van der Waals surface area contributed by atoms with E-state index in [2.05, 4.69) is 40.6 Å². The summed E-state index contributed by atoms with van der Waals surface area (Å²) in [7, 11) is -1.24. The molecule has 0 saturated carbocycles. The predicted molar refractivity (Wildman–Crippen MR) is 99.4 cm³/mol. The van der Waals surface area contributed by atoms with E-state index in [1.54, 1.807) is 12.1 Å². The van der Waals surface area contributed by atoms with Gasteiger partial charge in [0.25, 0.3) is 0 Å². The highest BCUT2D eigenvalue weighted by atomic mass is 79.9. The zero-order valence-electron chi connectivity index (χ0n) is 14.5. The van der Waals surface area contributed by atoms with Crippen molar-refractivity contribution in [3.05, 3.63) is 41.7 Å². The highest BCUT2D eigenvalue weighted by Crippen LogP contribution is 2.31. The van der Waals surface area contributed by atoms with Gasteiger partial charge in [-0.15, -0.1) is 0 Å². The van der Waals surface area contributed by atoms with Crippen molar-refractivity contribution in [2.45, 2.75) is 43.9 Å². The SMILES string of the molecule is C[Si](C)(C)CCOCn1cc(C(F)(F)F)nc1-c1ccc(CBr)cc1. The van der Waals surface area contributed by atoms with E-state index in [1.165, 1.54) is 4.57 Å². The number of hydrogen-bond acceptors (Lipinski definition) is 2. The molecule has 0 fully saturated rings. The van der Waals surface area contributed by atoms with Crippen molar-refractivity contribution in [1.29, 1.82) is 0 Å². The molecule has 0 unspecified atom stereocenters. The maximum atomic E-state index is 13.0. The van der Waals surface area contributed by atoms with Crippen molar-refractivity contribution in [1.82, 2.24) is 9.55 Å². The van der Waals surface area contributed by atoms with Crippen molar-refractivity contribution in [3.8, 4) is 11.4 Å². The molecule has 8 heteroatoms. The van der Waals surface area contributed by atoms with Gasteiger partial charge in [-0.3, -0.25) is 0 Å². The lowest BCUT2D eigenvalue weighted by molar-refractivity contribution is -0.141. The minimum absolute atomic E-state index is 0.0586. The number of halogens is 4. The van der Waals surface area contributed by atoms with E-state index in [9.17, 15) is 13.2 Å². The fraction of sp³-hybridized carbons (Fsp3) is 0.471. The monoisotopic (exact) mass is 434 g/mol. The van der Waals surface area contributed by atoms with Gasteiger partial charge in [0.15, 0.2) is 5.69 Å². The molecule has 0 N–H and O–H groups in total.